The molecule has 2 rings (SSSR count). The second-order valence-electron chi connectivity index (χ2n) is 5.81. The van der Waals surface area contributed by atoms with Crippen molar-refractivity contribution < 1.29 is 22.7 Å². The number of carbonyl (C=O) groups excluding carboxylic acids is 2. The van der Waals surface area contributed by atoms with Crippen molar-refractivity contribution >= 4 is 38.9 Å². The highest BCUT2D eigenvalue weighted by molar-refractivity contribution is 7.90. The lowest BCUT2D eigenvalue weighted by atomic mass is 10.3. The van der Waals surface area contributed by atoms with Crippen LogP contribution in [0.2, 0.25) is 5.02 Å². The molecular weight excluding hydrogens is 392 g/mol. The zero-order valence-corrected chi connectivity index (χ0v) is 16.4. The predicted molar refractivity (Wildman–Crippen MR) is 103 cm³/mol. The number of likely N-dealkylation sites (N-methyl/N-ethyl adjacent to an activating group) is 1. The molecule has 2 aromatic rings. The summed E-state index contributed by atoms with van der Waals surface area (Å²) >= 11 is 5.97. The molecule has 0 aliphatic rings. The summed E-state index contributed by atoms with van der Waals surface area (Å²) in [5.41, 5.74) is 0.465. The van der Waals surface area contributed by atoms with Gasteiger partial charge in [0, 0.05) is 13.3 Å². The van der Waals surface area contributed by atoms with Crippen LogP contribution in [-0.4, -0.2) is 51.6 Å². The Balaban J connectivity index is 1.84. The number of amides is 2. The molecule has 0 saturated heterocycles. The molecule has 0 heterocycles. The van der Waals surface area contributed by atoms with Gasteiger partial charge in [-0.3, -0.25) is 9.59 Å². The van der Waals surface area contributed by atoms with Crippen LogP contribution in [0.5, 0.6) is 5.75 Å². The maximum atomic E-state index is 12.1. The fourth-order valence-corrected chi connectivity index (χ4v) is 2.91. The number of halogens is 1. The van der Waals surface area contributed by atoms with Gasteiger partial charge in [-0.2, -0.15) is 0 Å². The van der Waals surface area contributed by atoms with Crippen LogP contribution < -0.4 is 10.1 Å². The number of benzene rings is 2. The van der Waals surface area contributed by atoms with E-state index >= 15 is 0 Å². The summed E-state index contributed by atoms with van der Waals surface area (Å²) in [5.74, 6) is -0.447. The lowest BCUT2D eigenvalue weighted by Gasteiger charge is -2.17. The Morgan fingerprint density at radius 1 is 1.11 bits per heavy atom. The van der Waals surface area contributed by atoms with E-state index in [0.29, 0.717) is 16.5 Å². The van der Waals surface area contributed by atoms with Gasteiger partial charge in [-0.25, -0.2) is 8.42 Å². The zero-order chi connectivity index (χ0) is 20.0. The van der Waals surface area contributed by atoms with E-state index < -0.39 is 21.7 Å². The van der Waals surface area contributed by atoms with Crippen molar-refractivity contribution in [1.82, 2.24) is 4.90 Å². The van der Waals surface area contributed by atoms with Crippen LogP contribution in [0.3, 0.4) is 0 Å². The summed E-state index contributed by atoms with van der Waals surface area (Å²) in [6.07, 6.45) is 1.11. The first-order valence-corrected chi connectivity index (χ1v) is 10.1. The minimum Gasteiger partial charge on any atom is -0.484 e. The molecule has 2 amide bonds. The maximum Gasteiger partial charge on any atom is 0.260 e. The molecule has 144 valence electrons. The summed E-state index contributed by atoms with van der Waals surface area (Å²) in [6, 6.07) is 12.5. The van der Waals surface area contributed by atoms with Gasteiger partial charge in [0.25, 0.3) is 5.91 Å². The molecule has 0 atom stereocenters. The lowest BCUT2D eigenvalue weighted by Crippen LogP contribution is -2.37. The van der Waals surface area contributed by atoms with E-state index in [2.05, 4.69) is 5.32 Å². The van der Waals surface area contributed by atoms with E-state index in [9.17, 15) is 18.0 Å². The fraction of sp³-hybridized carbons (Fsp3) is 0.222. The van der Waals surface area contributed by atoms with Crippen LogP contribution in [0.15, 0.2) is 53.4 Å². The average molecular weight is 411 g/mol. The standard InChI is InChI=1S/C18H19ClN2O5S/c1-21(11-17(22)20-16-6-4-3-5-15(16)19)18(23)12-26-13-7-9-14(10-8-13)27(2,24)25/h3-10H,11-12H2,1-2H3,(H,20,22). The van der Waals surface area contributed by atoms with Crippen molar-refractivity contribution in [3.63, 3.8) is 0 Å². The van der Waals surface area contributed by atoms with E-state index in [4.69, 9.17) is 16.3 Å². The molecule has 0 saturated carbocycles. The number of sulfone groups is 1. The van der Waals surface area contributed by atoms with Crippen molar-refractivity contribution in [2.24, 2.45) is 0 Å². The van der Waals surface area contributed by atoms with E-state index in [1.165, 1.54) is 36.2 Å². The van der Waals surface area contributed by atoms with Gasteiger partial charge in [-0.05, 0) is 36.4 Å². The summed E-state index contributed by atoms with van der Waals surface area (Å²) in [5, 5.41) is 3.03. The van der Waals surface area contributed by atoms with Crippen LogP contribution in [0.25, 0.3) is 0 Å². The van der Waals surface area contributed by atoms with Gasteiger partial charge in [-0.1, -0.05) is 23.7 Å². The Bertz CT molecular complexity index is 929. The Hall–Kier alpha value is -2.58. The number of nitrogens with zero attached hydrogens (tertiary/aromatic N) is 1. The van der Waals surface area contributed by atoms with Crippen LogP contribution in [0, 0.1) is 0 Å². The molecule has 0 aliphatic heterocycles. The summed E-state index contributed by atoms with van der Waals surface area (Å²) in [6.45, 7) is -0.450. The Morgan fingerprint density at radius 2 is 1.74 bits per heavy atom. The predicted octanol–water partition coefficient (Wildman–Crippen LogP) is 2.22. The van der Waals surface area contributed by atoms with E-state index in [-0.39, 0.29) is 18.0 Å². The van der Waals surface area contributed by atoms with Crippen LogP contribution in [0.1, 0.15) is 0 Å². The smallest absolute Gasteiger partial charge is 0.260 e. The highest BCUT2D eigenvalue weighted by atomic mass is 35.5. The summed E-state index contributed by atoms with van der Waals surface area (Å²) in [4.78, 5) is 25.5. The SMILES string of the molecule is CN(CC(=O)Nc1ccccc1Cl)C(=O)COc1ccc(S(C)(=O)=O)cc1. The largest absolute Gasteiger partial charge is 0.484 e. The van der Waals surface area contributed by atoms with Gasteiger partial charge in [-0.15, -0.1) is 0 Å². The molecule has 2 aromatic carbocycles. The number of hydrogen-bond acceptors (Lipinski definition) is 5. The minimum atomic E-state index is -3.29. The summed E-state index contributed by atoms with van der Waals surface area (Å²) in [7, 11) is -1.81. The highest BCUT2D eigenvalue weighted by Gasteiger charge is 2.15. The normalized spacial score (nSPS) is 10.9. The van der Waals surface area contributed by atoms with Gasteiger partial charge in [0.15, 0.2) is 16.4 Å². The molecule has 0 unspecified atom stereocenters. The summed E-state index contributed by atoms with van der Waals surface area (Å²) < 4.78 is 28.1. The van der Waals surface area contributed by atoms with Crippen molar-refractivity contribution in [2.45, 2.75) is 4.90 Å². The van der Waals surface area contributed by atoms with Crippen LogP contribution in [0.4, 0.5) is 5.69 Å². The quantitative estimate of drug-likeness (QED) is 0.755. The molecule has 0 aromatic heterocycles. The topological polar surface area (TPSA) is 92.8 Å². The van der Waals surface area contributed by atoms with Crippen molar-refractivity contribution in [3.05, 3.63) is 53.6 Å². The van der Waals surface area contributed by atoms with Crippen LogP contribution >= 0.6 is 11.6 Å². The number of ether oxygens (including phenoxy) is 1. The molecule has 0 radical (unpaired) electrons. The van der Waals surface area contributed by atoms with E-state index in [0.717, 1.165) is 6.26 Å². The Morgan fingerprint density at radius 3 is 2.33 bits per heavy atom. The number of anilines is 1. The maximum absolute atomic E-state index is 12.1. The first-order chi connectivity index (χ1) is 12.7. The number of nitrogens with one attached hydrogen (secondary N) is 1. The third kappa shape index (κ3) is 6.26. The van der Waals surface area contributed by atoms with Gasteiger partial charge in [0.1, 0.15) is 5.75 Å². The van der Waals surface area contributed by atoms with Crippen molar-refractivity contribution in [1.29, 1.82) is 0 Å². The second-order valence-corrected chi connectivity index (χ2v) is 8.23. The van der Waals surface area contributed by atoms with E-state index in [1.807, 2.05) is 0 Å². The van der Waals surface area contributed by atoms with E-state index in [1.54, 1.807) is 24.3 Å². The Labute approximate surface area is 162 Å². The number of rotatable bonds is 7. The molecular formula is C18H19ClN2O5S. The molecule has 7 nitrogen and oxygen atoms in total. The fourth-order valence-electron chi connectivity index (χ4n) is 2.09. The molecule has 1 N–H and O–H groups in total. The minimum absolute atomic E-state index is 0.162. The molecule has 0 aliphatic carbocycles. The lowest BCUT2D eigenvalue weighted by molar-refractivity contribution is -0.135. The Kier molecular flexibility index (Phi) is 6.81. The third-order valence-electron chi connectivity index (χ3n) is 3.57. The molecule has 27 heavy (non-hydrogen) atoms. The monoisotopic (exact) mass is 410 g/mol. The second kappa shape index (κ2) is 8.88. The average Bonchev–Trinajstić information content (AvgIpc) is 2.61. The molecule has 0 fully saturated rings. The third-order valence-corrected chi connectivity index (χ3v) is 5.03. The molecule has 0 spiro atoms. The van der Waals surface area contributed by atoms with Crippen molar-refractivity contribution in [3.8, 4) is 5.75 Å². The van der Waals surface area contributed by atoms with Crippen molar-refractivity contribution in [2.75, 3.05) is 31.8 Å². The van der Waals surface area contributed by atoms with Gasteiger partial charge >= 0.3 is 0 Å². The van der Waals surface area contributed by atoms with Gasteiger partial charge < -0.3 is 15.0 Å². The van der Waals surface area contributed by atoms with Gasteiger partial charge in [0.05, 0.1) is 22.2 Å². The van der Waals surface area contributed by atoms with Gasteiger partial charge in [0.2, 0.25) is 5.91 Å². The number of carbonyl (C=O) groups is 2. The molecule has 0 bridgehead atoms. The van der Waals surface area contributed by atoms with Crippen LogP contribution in [-0.2, 0) is 19.4 Å². The first kappa shape index (κ1) is 20.7. The number of para-hydroxylation sites is 1. The molecule has 9 heteroatoms. The number of hydrogen-bond donors (Lipinski definition) is 1. The zero-order valence-electron chi connectivity index (χ0n) is 14.8. The highest BCUT2D eigenvalue weighted by Crippen LogP contribution is 2.20. The first-order valence-electron chi connectivity index (χ1n) is 7.88.